The zero-order chi connectivity index (χ0) is 28.0. The molecule has 4 aromatic rings. The first kappa shape index (κ1) is 27.9. The van der Waals surface area contributed by atoms with E-state index in [1.807, 2.05) is 44.2 Å². The maximum Gasteiger partial charge on any atom is 0.264 e. The Morgan fingerprint density at radius 3 is 2.15 bits per heavy atom. The average molecular weight is 562 g/mol. The minimum Gasteiger partial charge on any atom is -0.345 e. The number of para-hydroxylation sites is 2. The maximum atomic E-state index is 13.6. The van der Waals surface area contributed by atoms with E-state index in [-0.39, 0.29) is 38.8 Å². The molecular formula is C30H28ClN3O4S. The predicted molar refractivity (Wildman–Crippen MR) is 155 cm³/mol. The molecule has 0 aliphatic rings. The highest BCUT2D eigenvalue weighted by atomic mass is 35.5. The van der Waals surface area contributed by atoms with Crippen molar-refractivity contribution >= 4 is 44.8 Å². The molecule has 0 spiro atoms. The van der Waals surface area contributed by atoms with Crippen molar-refractivity contribution in [2.24, 2.45) is 0 Å². The van der Waals surface area contributed by atoms with E-state index in [0.717, 1.165) is 15.4 Å². The third-order valence-corrected chi connectivity index (χ3v) is 8.20. The van der Waals surface area contributed by atoms with Crippen LogP contribution in [0.1, 0.15) is 34.5 Å². The summed E-state index contributed by atoms with van der Waals surface area (Å²) in [5.41, 5.74) is 2.50. The van der Waals surface area contributed by atoms with Crippen LogP contribution in [0.3, 0.4) is 0 Å². The molecule has 0 bridgehead atoms. The second-order valence-corrected chi connectivity index (χ2v) is 11.2. The lowest BCUT2D eigenvalue weighted by Gasteiger charge is -2.25. The molecule has 0 heterocycles. The molecule has 4 aromatic carbocycles. The van der Waals surface area contributed by atoms with Crippen LogP contribution in [-0.4, -0.2) is 26.8 Å². The van der Waals surface area contributed by atoms with Gasteiger partial charge in [0.05, 0.1) is 32.9 Å². The fourth-order valence-electron chi connectivity index (χ4n) is 4.00. The minimum atomic E-state index is -4.14. The van der Waals surface area contributed by atoms with Crippen molar-refractivity contribution in [1.82, 2.24) is 5.32 Å². The lowest BCUT2D eigenvalue weighted by Crippen LogP contribution is -2.38. The lowest BCUT2D eigenvalue weighted by molar-refractivity contribution is -0.114. The van der Waals surface area contributed by atoms with Gasteiger partial charge in [0.2, 0.25) is 5.91 Å². The Kier molecular flexibility index (Phi) is 8.69. The molecule has 200 valence electrons. The van der Waals surface area contributed by atoms with E-state index >= 15 is 0 Å². The number of carbonyl (C=O) groups is 2. The van der Waals surface area contributed by atoms with Crippen LogP contribution >= 0.6 is 11.6 Å². The highest BCUT2D eigenvalue weighted by molar-refractivity contribution is 7.92. The van der Waals surface area contributed by atoms with Crippen molar-refractivity contribution in [1.29, 1.82) is 0 Å². The van der Waals surface area contributed by atoms with Gasteiger partial charge in [-0.25, -0.2) is 8.42 Å². The monoisotopic (exact) mass is 561 g/mol. The normalized spacial score (nSPS) is 11.9. The summed E-state index contributed by atoms with van der Waals surface area (Å²) in [6.07, 6.45) is 0. The van der Waals surface area contributed by atoms with Crippen molar-refractivity contribution in [2.45, 2.75) is 24.8 Å². The van der Waals surface area contributed by atoms with Crippen molar-refractivity contribution < 1.29 is 18.0 Å². The molecule has 0 unspecified atom stereocenters. The minimum absolute atomic E-state index is 0.0236. The molecule has 1 atom stereocenters. The summed E-state index contributed by atoms with van der Waals surface area (Å²) in [4.78, 5) is 26.4. The van der Waals surface area contributed by atoms with Crippen LogP contribution in [0.5, 0.6) is 0 Å². The van der Waals surface area contributed by atoms with E-state index in [1.54, 1.807) is 54.6 Å². The maximum absolute atomic E-state index is 13.6. The van der Waals surface area contributed by atoms with E-state index in [2.05, 4.69) is 10.6 Å². The number of hydrogen-bond donors (Lipinski definition) is 2. The lowest BCUT2D eigenvalue weighted by atomic mass is 10.1. The summed E-state index contributed by atoms with van der Waals surface area (Å²) < 4.78 is 28.2. The third-order valence-electron chi connectivity index (χ3n) is 6.11. The van der Waals surface area contributed by atoms with Gasteiger partial charge in [0.15, 0.2) is 0 Å². The van der Waals surface area contributed by atoms with E-state index < -0.39 is 22.5 Å². The number of aryl methyl sites for hydroxylation is 1. The Morgan fingerprint density at radius 1 is 0.846 bits per heavy atom. The predicted octanol–water partition coefficient (Wildman–Crippen LogP) is 5.97. The molecule has 2 N–H and O–H groups in total. The Morgan fingerprint density at radius 2 is 1.46 bits per heavy atom. The number of benzene rings is 4. The molecule has 0 fully saturated rings. The Bertz CT molecular complexity index is 1580. The number of carbonyl (C=O) groups excluding carboxylic acids is 2. The van der Waals surface area contributed by atoms with Gasteiger partial charge in [0.25, 0.3) is 15.9 Å². The first-order chi connectivity index (χ1) is 18.7. The molecule has 0 saturated carbocycles. The molecule has 0 saturated heterocycles. The Balaban J connectivity index is 1.59. The van der Waals surface area contributed by atoms with Gasteiger partial charge < -0.3 is 10.6 Å². The molecule has 2 amide bonds. The molecule has 7 nitrogen and oxygen atoms in total. The van der Waals surface area contributed by atoms with Crippen LogP contribution in [0.2, 0.25) is 5.02 Å². The highest BCUT2D eigenvalue weighted by Crippen LogP contribution is 2.30. The van der Waals surface area contributed by atoms with Crippen molar-refractivity contribution in [3.8, 4) is 0 Å². The van der Waals surface area contributed by atoms with Crippen LogP contribution in [-0.2, 0) is 14.8 Å². The summed E-state index contributed by atoms with van der Waals surface area (Å²) in [5.74, 6) is -1.01. The zero-order valence-electron chi connectivity index (χ0n) is 21.5. The van der Waals surface area contributed by atoms with Gasteiger partial charge in [0, 0.05) is 0 Å². The topological polar surface area (TPSA) is 95.6 Å². The summed E-state index contributed by atoms with van der Waals surface area (Å²) in [6.45, 7) is 3.16. The van der Waals surface area contributed by atoms with Crippen LogP contribution in [0.25, 0.3) is 0 Å². The molecular weight excluding hydrogens is 534 g/mol. The third kappa shape index (κ3) is 6.66. The smallest absolute Gasteiger partial charge is 0.264 e. The summed E-state index contributed by atoms with van der Waals surface area (Å²) in [6, 6.07) is 28.5. The number of anilines is 2. The largest absolute Gasteiger partial charge is 0.345 e. The first-order valence-corrected chi connectivity index (χ1v) is 14.1. The van der Waals surface area contributed by atoms with Crippen LogP contribution in [0, 0.1) is 6.92 Å². The van der Waals surface area contributed by atoms with Gasteiger partial charge in [-0.3, -0.25) is 13.9 Å². The van der Waals surface area contributed by atoms with E-state index in [0.29, 0.717) is 0 Å². The van der Waals surface area contributed by atoms with E-state index in [1.165, 1.54) is 18.2 Å². The Hall–Kier alpha value is -4.14. The second kappa shape index (κ2) is 12.1. The van der Waals surface area contributed by atoms with Crippen molar-refractivity contribution in [3.63, 3.8) is 0 Å². The standard InChI is InChI=1S/C30H28ClN3O4S/c1-21-16-18-24(19-17-21)39(37,38)34(28-15-9-7-13-26(28)31)20-29(35)33-27-14-8-6-12-25(27)30(36)32-22(2)23-10-4-3-5-11-23/h3-19,22H,20H2,1-2H3,(H,32,36)(H,33,35)/t22-/m1/s1. The van der Waals surface area contributed by atoms with Gasteiger partial charge in [-0.05, 0) is 55.8 Å². The number of nitrogens with zero attached hydrogens (tertiary/aromatic N) is 1. The quantitative estimate of drug-likeness (QED) is 0.263. The molecule has 39 heavy (non-hydrogen) atoms. The van der Waals surface area contributed by atoms with Gasteiger partial charge >= 0.3 is 0 Å². The fourth-order valence-corrected chi connectivity index (χ4v) is 5.73. The van der Waals surface area contributed by atoms with Crippen LogP contribution in [0.15, 0.2) is 108 Å². The number of sulfonamides is 1. The summed E-state index contributed by atoms with van der Waals surface area (Å²) in [7, 11) is -4.14. The molecule has 9 heteroatoms. The fraction of sp³-hybridized carbons (Fsp3) is 0.133. The molecule has 0 radical (unpaired) electrons. The number of hydrogen-bond acceptors (Lipinski definition) is 4. The first-order valence-electron chi connectivity index (χ1n) is 12.3. The van der Waals surface area contributed by atoms with Gasteiger partial charge in [0.1, 0.15) is 6.54 Å². The number of nitrogens with one attached hydrogen (secondary N) is 2. The van der Waals surface area contributed by atoms with Gasteiger partial charge in [-0.2, -0.15) is 0 Å². The summed E-state index contributed by atoms with van der Waals surface area (Å²) in [5, 5.41) is 5.82. The number of rotatable bonds is 9. The van der Waals surface area contributed by atoms with Gasteiger partial charge in [-0.15, -0.1) is 0 Å². The van der Waals surface area contributed by atoms with E-state index in [9.17, 15) is 18.0 Å². The van der Waals surface area contributed by atoms with E-state index in [4.69, 9.17) is 11.6 Å². The molecule has 0 aliphatic carbocycles. The van der Waals surface area contributed by atoms with Gasteiger partial charge in [-0.1, -0.05) is 83.9 Å². The zero-order valence-corrected chi connectivity index (χ0v) is 23.0. The molecule has 0 aromatic heterocycles. The highest BCUT2D eigenvalue weighted by Gasteiger charge is 2.29. The van der Waals surface area contributed by atoms with Crippen molar-refractivity contribution in [2.75, 3.05) is 16.2 Å². The molecule has 0 aliphatic heterocycles. The SMILES string of the molecule is Cc1ccc(S(=O)(=O)N(CC(=O)Nc2ccccc2C(=O)N[C@H](C)c2ccccc2)c2ccccc2Cl)cc1. The van der Waals surface area contributed by atoms with Crippen LogP contribution in [0.4, 0.5) is 11.4 Å². The Labute approximate surface area is 233 Å². The molecule has 4 rings (SSSR count). The van der Waals surface area contributed by atoms with Crippen molar-refractivity contribution in [3.05, 3.63) is 125 Å². The second-order valence-electron chi connectivity index (χ2n) is 8.98. The number of halogens is 1. The number of amides is 2. The average Bonchev–Trinajstić information content (AvgIpc) is 2.93. The summed E-state index contributed by atoms with van der Waals surface area (Å²) >= 11 is 6.36. The van der Waals surface area contributed by atoms with Crippen LogP contribution < -0.4 is 14.9 Å².